The molecule has 2 aromatic carbocycles. The summed E-state index contributed by atoms with van der Waals surface area (Å²) in [6.45, 7) is 2.37. The fourth-order valence-electron chi connectivity index (χ4n) is 2.30. The number of hydrogen-bond acceptors (Lipinski definition) is 3. The van der Waals surface area contributed by atoms with Crippen molar-refractivity contribution in [3.8, 4) is 5.75 Å². The molecule has 3 N–H and O–H groups in total. The molecule has 0 saturated heterocycles. The van der Waals surface area contributed by atoms with Crippen molar-refractivity contribution >= 4 is 47.4 Å². The lowest BCUT2D eigenvalue weighted by Gasteiger charge is -2.13. The molecule has 0 spiro atoms. The van der Waals surface area contributed by atoms with Crippen LogP contribution in [0.4, 0.5) is 0 Å². The van der Waals surface area contributed by atoms with Gasteiger partial charge in [-0.25, -0.2) is 0 Å². The Morgan fingerprint density at radius 2 is 1.61 bits per heavy atom. The van der Waals surface area contributed by atoms with Crippen LogP contribution < -0.4 is 20.7 Å². The van der Waals surface area contributed by atoms with Gasteiger partial charge in [0, 0.05) is 26.7 Å². The second-order valence-corrected chi connectivity index (χ2v) is 6.08. The molecule has 0 aliphatic carbocycles. The molecule has 2 aromatic rings. The molecule has 0 radical (unpaired) electrons. The molecule has 0 heterocycles. The molecule has 0 unspecified atom stereocenters. The normalized spacial score (nSPS) is 10.6. The number of nitrogens with one attached hydrogen (secondary N) is 3. The fourth-order valence-corrected chi connectivity index (χ4v) is 2.53. The summed E-state index contributed by atoms with van der Waals surface area (Å²) in [5.74, 6) is 1.36. The second kappa shape index (κ2) is 14.1. The van der Waals surface area contributed by atoms with E-state index in [-0.39, 0.29) is 29.9 Å². The minimum atomic E-state index is -0.191. The van der Waals surface area contributed by atoms with Crippen LogP contribution in [0.2, 0.25) is 5.02 Å². The molecule has 2 rings (SSSR count). The predicted octanol–water partition coefficient (Wildman–Crippen LogP) is 3.32. The van der Waals surface area contributed by atoms with Crippen molar-refractivity contribution in [2.75, 3.05) is 33.3 Å². The van der Waals surface area contributed by atoms with Gasteiger partial charge in [-0.05, 0) is 30.7 Å². The summed E-state index contributed by atoms with van der Waals surface area (Å²) in [5.41, 5.74) is 0.472. The topological polar surface area (TPSA) is 74.8 Å². The number of benzene rings is 2. The zero-order chi connectivity index (χ0) is 19.3. The summed E-state index contributed by atoms with van der Waals surface area (Å²) in [7, 11) is 1.71. The number of rotatable bonds is 9. The number of halogens is 2. The van der Waals surface area contributed by atoms with Crippen LogP contribution in [0, 0.1) is 0 Å². The first-order valence-corrected chi connectivity index (χ1v) is 9.23. The van der Waals surface area contributed by atoms with Gasteiger partial charge in [0.1, 0.15) is 5.75 Å². The monoisotopic (exact) mass is 516 g/mol. The van der Waals surface area contributed by atoms with Crippen molar-refractivity contribution in [3.63, 3.8) is 0 Å². The van der Waals surface area contributed by atoms with Crippen molar-refractivity contribution in [1.82, 2.24) is 16.0 Å². The van der Waals surface area contributed by atoms with Crippen LogP contribution in [-0.2, 0) is 0 Å². The summed E-state index contributed by atoms with van der Waals surface area (Å²) in [6, 6.07) is 16.7. The maximum atomic E-state index is 12.1. The minimum Gasteiger partial charge on any atom is -0.494 e. The highest BCUT2D eigenvalue weighted by Crippen LogP contribution is 2.14. The Balaban J connectivity index is 0.00000392. The number of carbonyl (C=O) groups excluding carboxylic acids is 1. The van der Waals surface area contributed by atoms with Gasteiger partial charge in [-0.15, -0.1) is 24.0 Å². The van der Waals surface area contributed by atoms with Gasteiger partial charge in [-0.2, -0.15) is 0 Å². The lowest BCUT2D eigenvalue weighted by Crippen LogP contribution is -2.42. The van der Waals surface area contributed by atoms with Crippen molar-refractivity contribution in [1.29, 1.82) is 0 Å². The molecule has 0 aliphatic rings. The summed E-state index contributed by atoms with van der Waals surface area (Å²) < 4.78 is 5.64. The molecule has 6 nitrogen and oxygen atoms in total. The third kappa shape index (κ3) is 8.79. The maximum Gasteiger partial charge on any atom is 0.252 e. The Labute approximate surface area is 188 Å². The van der Waals surface area contributed by atoms with Crippen LogP contribution >= 0.6 is 35.6 Å². The first kappa shape index (κ1) is 24.0. The Kier molecular flexibility index (Phi) is 12.1. The molecule has 0 bridgehead atoms. The van der Waals surface area contributed by atoms with E-state index < -0.39 is 0 Å². The molecular formula is C20H26ClIN4O2. The van der Waals surface area contributed by atoms with Crippen LogP contribution in [0.3, 0.4) is 0 Å². The van der Waals surface area contributed by atoms with E-state index >= 15 is 0 Å². The number of hydrogen-bond donors (Lipinski definition) is 3. The quantitative estimate of drug-likeness (QED) is 0.207. The first-order chi connectivity index (χ1) is 13.2. The number of carbonyl (C=O) groups is 1. The average molecular weight is 517 g/mol. The van der Waals surface area contributed by atoms with E-state index in [1.807, 2.05) is 30.3 Å². The largest absolute Gasteiger partial charge is 0.494 e. The van der Waals surface area contributed by atoms with Gasteiger partial charge >= 0.3 is 0 Å². The fraction of sp³-hybridized carbons (Fsp3) is 0.300. The van der Waals surface area contributed by atoms with E-state index in [0.717, 1.165) is 18.7 Å². The average Bonchev–Trinajstić information content (AvgIpc) is 2.70. The lowest BCUT2D eigenvalue weighted by atomic mass is 10.2. The van der Waals surface area contributed by atoms with Crippen molar-refractivity contribution in [2.45, 2.75) is 6.42 Å². The van der Waals surface area contributed by atoms with E-state index in [0.29, 0.717) is 36.2 Å². The van der Waals surface area contributed by atoms with Crippen LogP contribution in [-0.4, -0.2) is 45.2 Å². The number of para-hydroxylation sites is 1. The number of aliphatic imine (C=N–C) groups is 1. The Bertz CT molecular complexity index is 744. The van der Waals surface area contributed by atoms with Crippen LogP contribution in [0.25, 0.3) is 0 Å². The highest BCUT2D eigenvalue weighted by Gasteiger charge is 2.08. The van der Waals surface area contributed by atoms with Gasteiger partial charge in [0.2, 0.25) is 0 Å². The number of amides is 1. The summed E-state index contributed by atoms with van der Waals surface area (Å²) >= 11 is 6.01. The highest BCUT2D eigenvalue weighted by atomic mass is 127. The van der Waals surface area contributed by atoms with Gasteiger partial charge in [0.05, 0.1) is 17.2 Å². The lowest BCUT2D eigenvalue weighted by molar-refractivity contribution is 0.0954. The molecule has 0 atom stereocenters. The molecule has 152 valence electrons. The van der Waals surface area contributed by atoms with Crippen LogP contribution in [0.5, 0.6) is 5.75 Å². The number of guanidine groups is 1. The van der Waals surface area contributed by atoms with Gasteiger partial charge in [0.15, 0.2) is 5.96 Å². The first-order valence-electron chi connectivity index (χ1n) is 8.86. The Morgan fingerprint density at radius 1 is 0.964 bits per heavy atom. The molecular weight excluding hydrogens is 491 g/mol. The van der Waals surface area contributed by atoms with Crippen LogP contribution in [0.15, 0.2) is 59.6 Å². The summed E-state index contributed by atoms with van der Waals surface area (Å²) in [6.07, 6.45) is 0.846. The van der Waals surface area contributed by atoms with Gasteiger partial charge < -0.3 is 20.7 Å². The van der Waals surface area contributed by atoms with Crippen LogP contribution in [0.1, 0.15) is 16.8 Å². The molecule has 0 aromatic heterocycles. The van der Waals surface area contributed by atoms with Gasteiger partial charge in [-0.3, -0.25) is 9.79 Å². The van der Waals surface area contributed by atoms with Crippen molar-refractivity contribution in [3.05, 3.63) is 65.2 Å². The highest BCUT2D eigenvalue weighted by molar-refractivity contribution is 14.0. The molecule has 8 heteroatoms. The number of ether oxygens (including phenoxy) is 1. The van der Waals surface area contributed by atoms with Crippen molar-refractivity contribution in [2.24, 2.45) is 4.99 Å². The van der Waals surface area contributed by atoms with E-state index in [9.17, 15) is 4.79 Å². The molecule has 1 amide bonds. The smallest absolute Gasteiger partial charge is 0.252 e. The maximum absolute atomic E-state index is 12.1. The third-order valence-corrected chi connectivity index (χ3v) is 4.00. The molecule has 0 fully saturated rings. The van der Waals surface area contributed by atoms with E-state index in [2.05, 4.69) is 20.9 Å². The molecule has 0 aliphatic heterocycles. The standard InChI is InChI=1S/C20H25ClN4O2.HI/c1-22-20(24-12-7-15-27-16-8-3-2-4-9-16)25-14-13-23-19(26)17-10-5-6-11-18(17)21;/h2-6,8-11H,7,12-15H2,1H3,(H,23,26)(H2,22,24,25);1H. The van der Waals surface area contributed by atoms with Crippen molar-refractivity contribution < 1.29 is 9.53 Å². The van der Waals surface area contributed by atoms with E-state index in [1.54, 1.807) is 31.3 Å². The predicted molar refractivity (Wildman–Crippen MR) is 125 cm³/mol. The van der Waals surface area contributed by atoms with Gasteiger partial charge in [-0.1, -0.05) is 41.9 Å². The summed E-state index contributed by atoms with van der Waals surface area (Å²) in [5, 5.41) is 9.63. The third-order valence-electron chi connectivity index (χ3n) is 3.67. The van der Waals surface area contributed by atoms with E-state index in [1.165, 1.54) is 0 Å². The van der Waals surface area contributed by atoms with Gasteiger partial charge in [0.25, 0.3) is 5.91 Å². The Hall–Kier alpha value is -2.00. The SMILES string of the molecule is CN=C(NCCCOc1ccccc1)NCCNC(=O)c1ccccc1Cl.I. The summed E-state index contributed by atoms with van der Waals surface area (Å²) in [4.78, 5) is 16.2. The zero-order valence-electron chi connectivity index (χ0n) is 15.8. The number of nitrogens with zero attached hydrogens (tertiary/aromatic N) is 1. The molecule has 28 heavy (non-hydrogen) atoms. The Morgan fingerprint density at radius 3 is 2.32 bits per heavy atom. The van der Waals surface area contributed by atoms with E-state index in [4.69, 9.17) is 16.3 Å². The zero-order valence-corrected chi connectivity index (χ0v) is 18.9. The minimum absolute atomic E-state index is 0. The molecule has 0 saturated carbocycles. The second-order valence-electron chi connectivity index (χ2n) is 5.68.